The number of methoxy groups -OCH3 is 1. The highest BCUT2D eigenvalue weighted by Gasteiger charge is 2.18. The Kier molecular flexibility index (Phi) is 3.96. The van der Waals surface area contributed by atoms with E-state index in [1.54, 1.807) is 23.6 Å². The van der Waals surface area contributed by atoms with E-state index in [9.17, 15) is 13.2 Å². The molecule has 0 saturated carbocycles. The van der Waals surface area contributed by atoms with Crippen LogP contribution < -0.4 is 0 Å². The average Bonchev–Trinajstić information content (AvgIpc) is 2.86. The Morgan fingerprint density at radius 2 is 2.00 bits per heavy atom. The van der Waals surface area contributed by atoms with Gasteiger partial charge in [0.2, 0.25) is 5.01 Å². The number of hydrogen-bond donors (Lipinski definition) is 0. The minimum absolute atomic E-state index is 0.153. The summed E-state index contributed by atoms with van der Waals surface area (Å²) in [5, 5.41) is 1.70. The maximum atomic E-state index is 12.1. The van der Waals surface area contributed by atoms with E-state index in [-0.39, 0.29) is 15.7 Å². The Balaban J connectivity index is 2.22. The molecular formula is C12H11NO4S2. The number of esters is 1. The van der Waals surface area contributed by atoms with Crippen LogP contribution in [-0.2, 0) is 20.3 Å². The van der Waals surface area contributed by atoms with Crippen LogP contribution in [0, 0.1) is 0 Å². The van der Waals surface area contributed by atoms with Crippen molar-refractivity contribution in [2.45, 2.75) is 10.6 Å². The van der Waals surface area contributed by atoms with Gasteiger partial charge in [0.15, 0.2) is 9.84 Å². The molecule has 0 aliphatic carbocycles. The fraction of sp³-hybridized carbons (Fsp3) is 0.167. The molecule has 0 fully saturated rings. The SMILES string of the molecule is COC(=O)c1nc(CS(=O)(=O)c2ccccc2)cs1. The van der Waals surface area contributed by atoms with E-state index in [4.69, 9.17) is 0 Å². The zero-order valence-electron chi connectivity index (χ0n) is 10.1. The second-order valence-electron chi connectivity index (χ2n) is 3.71. The van der Waals surface area contributed by atoms with Gasteiger partial charge in [0, 0.05) is 5.38 Å². The van der Waals surface area contributed by atoms with E-state index in [1.165, 1.54) is 19.2 Å². The molecule has 19 heavy (non-hydrogen) atoms. The van der Waals surface area contributed by atoms with Gasteiger partial charge >= 0.3 is 5.97 Å². The van der Waals surface area contributed by atoms with Crippen LogP contribution in [0.2, 0.25) is 0 Å². The monoisotopic (exact) mass is 297 g/mol. The predicted molar refractivity (Wildman–Crippen MR) is 70.8 cm³/mol. The van der Waals surface area contributed by atoms with E-state index in [0.717, 1.165) is 11.3 Å². The highest BCUT2D eigenvalue weighted by atomic mass is 32.2. The Bertz CT molecular complexity index is 677. The number of nitrogens with zero attached hydrogens (tertiary/aromatic N) is 1. The second-order valence-corrected chi connectivity index (χ2v) is 6.56. The van der Waals surface area contributed by atoms with E-state index in [0.29, 0.717) is 5.69 Å². The van der Waals surface area contributed by atoms with Gasteiger partial charge in [-0.2, -0.15) is 0 Å². The molecule has 0 aliphatic heterocycles. The maximum Gasteiger partial charge on any atom is 0.367 e. The number of ether oxygens (including phenoxy) is 1. The Labute approximate surface area is 114 Å². The van der Waals surface area contributed by atoms with E-state index < -0.39 is 15.8 Å². The number of rotatable bonds is 4. The van der Waals surface area contributed by atoms with Crippen LogP contribution in [0.15, 0.2) is 40.6 Å². The summed E-state index contributed by atoms with van der Waals surface area (Å²) in [6, 6.07) is 8.13. The molecule has 100 valence electrons. The lowest BCUT2D eigenvalue weighted by Crippen LogP contribution is -2.06. The molecule has 0 amide bonds. The number of sulfone groups is 1. The minimum atomic E-state index is -3.44. The van der Waals surface area contributed by atoms with Crippen LogP contribution in [-0.4, -0.2) is 26.5 Å². The van der Waals surface area contributed by atoms with Crippen LogP contribution in [0.25, 0.3) is 0 Å². The third-order valence-corrected chi connectivity index (χ3v) is 4.89. The van der Waals surface area contributed by atoms with Crippen molar-refractivity contribution in [3.8, 4) is 0 Å². The van der Waals surface area contributed by atoms with Gasteiger partial charge in [0.25, 0.3) is 0 Å². The molecule has 0 N–H and O–H groups in total. The molecule has 2 aromatic rings. The normalized spacial score (nSPS) is 11.2. The van der Waals surface area contributed by atoms with Crippen molar-refractivity contribution >= 4 is 27.1 Å². The first-order valence-corrected chi connectivity index (χ1v) is 7.86. The van der Waals surface area contributed by atoms with Gasteiger partial charge in [-0.3, -0.25) is 0 Å². The summed E-state index contributed by atoms with van der Waals surface area (Å²) in [4.78, 5) is 15.4. The third kappa shape index (κ3) is 3.18. The van der Waals surface area contributed by atoms with Gasteiger partial charge in [0.05, 0.1) is 23.5 Å². The number of carbonyl (C=O) groups is 1. The van der Waals surface area contributed by atoms with Crippen molar-refractivity contribution in [1.29, 1.82) is 0 Å². The Morgan fingerprint density at radius 1 is 1.32 bits per heavy atom. The van der Waals surface area contributed by atoms with Crippen LogP contribution in [0.4, 0.5) is 0 Å². The number of carbonyl (C=O) groups excluding carboxylic acids is 1. The standard InChI is InChI=1S/C12H11NO4S2/c1-17-12(14)11-13-9(7-18-11)8-19(15,16)10-5-3-2-4-6-10/h2-7H,8H2,1H3. The highest BCUT2D eigenvalue weighted by molar-refractivity contribution is 7.90. The van der Waals surface area contributed by atoms with Gasteiger partial charge in [-0.1, -0.05) is 18.2 Å². The predicted octanol–water partition coefficient (Wildman–Crippen LogP) is 1.90. The molecule has 5 nitrogen and oxygen atoms in total. The molecule has 0 radical (unpaired) electrons. The first-order chi connectivity index (χ1) is 9.03. The molecule has 2 rings (SSSR count). The summed E-state index contributed by atoms with van der Waals surface area (Å²) >= 11 is 1.07. The number of benzene rings is 1. The van der Waals surface area contributed by atoms with E-state index in [2.05, 4.69) is 9.72 Å². The average molecular weight is 297 g/mol. The van der Waals surface area contributed by atoms with Crippen LogP contribution >= 0.6 is 11.3 Å². The van der Waals surface area contributed by atoms with Gasteiger partial charge in [-0.15, -0.1) is 11.3 Å². The highest BCUT2D eigenvalue weighted by Crippen LogP contribution is 2.18. The lowest BCUT2D eigenvalue weighted by atomic mass is 10.4. The van der Waals surface area contributed by atoms with Crippen molar-refractivity contribution in [1.82, 2.24) is 4.98 Å². The molecule has 1 aromatic heterocycles. The zero-order valence-corrected chi connectivity index (χ0v) is 11.7. The van der Waals surface area contributed by atoms with Gasteiger partial charge < -0.3 is 4.74 Å². The van der Waals surface area contributed by atoms with Crippen molar-refractivity contribution in [2.24, 2.45) is 0 Å². The minimum Gasteiger partial charge on any atom is -0.464 e. The maximum absolute atomic E-state index is 12.1. The van der Waals surface area contributed by atoms with Crippen molar-refractivity contribution in [3.63, 3.8) is 0 Å². The van der Waals surface area contributed by atoms with Gasteiger partial charge in [0.1, 0.15) is 0 Å². The summed E-state index contributed by atoms with van der Waals surface area (Å²) in [7, 11) is -2.19. The molecular weight excluding hydrogens is 286 g/mol. The summed E-state index contributed by atoms with van der Waals surface area (Å²) in [5.41, 5.74) is 0.342. The number of hydrogen-bond acceptors (Lipinski definition) is 6. The van der Waals surface area contributed by atoms with Crippen molar-refractivity contribution in [3.05, 3.63) is 46.4 Å². The van der Waals surface area contributed by atoms with Crippen LogP contribution in [0.5, 0.6) is 0 Å². The number of aromatic nitrogens is 1. The lowest BCUT2D eigenvalue weighted by Gasteiger charge is -2.01. The number of thiazole rings is 1. The zero-order chi connectivity index (χ0) is 13.9. The molecule has 0 aliphatic rings. The van der Waals surface area contributed by atoms with Crippen molar-refractivity contribution < 1.29 is 17.9 Å². The molecule has 0 unspecified atom stereocenters. The molecule has 7 heteroatoms. The molecule has 1 heterocycles. The molecule has 1 aromatic carbocycles. The second kappa shape index (κ2) is 5.50. The molecule has 0 bridgehead atoms. The smallest absolute Gasteiger partial charge is 0.367 e. The molecule has 0 saturated heterocycles. The summed E-state index contributed by atoms with van der Waals surface area (Å²) < 4.78 is 28.7. The molecule has 0 atom stereocenters. The van der Waals surface area contributed by atoms with Crippen LogP contribution in [0.1, 0.15) is 15.5 Å². The van der Waals surface area contributed by atoms with Crippen molar-refractivity contribution in [2.75, 3.05) is 7.11 Å². The molecule has 0 spiro atoms. The fourth-order valence-corrected chi connectivity index (χ4v) is 3.57. The fourth-order valence-electron chi connectivity index (χ4n) is 1.46. The van der Waals surface area contributed by atoms with Gasteiger partial charge in [-0.25, -0.2) is 18.2 Å². The van der Waals surface area contributed by atoms with Crippen LogP contribution in [0.3, 0.4) is 0 Å². The topological polar surface area (TPSA) is 73.3 Å². The summed E-state index contributed by atoms with van der Waals surface area (Å²) in [6.45, 7) is 0. The first kappa shape index (κ1) is 13.7. The first-order valence-electron chi connectivity index (χ1n) is 5.33. The Hall–Kier alpha value is -1.73. The summed E-state index contributed by atoms with van der Waals surface area (Å²) in [5.74, 6) is -0.793. The summed E-state index contributed by atoms with van der Waals surface area (Å²) in [6.07, 6.45) is 0. The third-order valence-electron chi connectivity index (χ3n) is 2.35. The Morgan fingerprint density at radius 3 is 2.63 bits per heavy atom. The van der Waals surface area contributed by atoms with Gasteiger partial charge in [-0.05, 0) is 12.1 Å². The largest absolute Gasteiger partial charge is 0.464 e. The van der Waals surface area contributed by atoms with E-state index >= 15 is 0 Å². The lowest BCUT2D eigenvalue weighted by molar-refractivity contribution is 0.0600. The quantitative estimate of drug-likeness (QED) is 0.806. The van der Waals surface area contributed by atoms with E-state index in [1.807, 2.05) is 0 Å².